The van der Waals surface area contributed by atoms with E-state index in [9.17, 15) is 14.7 Å². The first-order valence-corrected chi connectivity index (χ1v) is 20.0. The Morgan fingerprint density at radius 1 is 0.980 bits per heavy atom. The van der Waals surface area contributed by atoms with Crippen LogP contribution in [0.15, 0.2) is 0 Å². The Morgan fingerprint density at radius 3 is 2.53 bits per heavy atom. The summed E-state index contributed by atoms with van der Waals surface area (Å²) in [6.07, 6.45) is 13.6. The number of hydrogen-bond acceptors (Lipinski definition) is 10. The molecule has 0 bridgehead atoms. The monoisotopic (exact) mass is 685 g/mol. The molecular formula is C37H63N7O5. The number of hydrogen-bond donors (Lipinski definition) is 5. The van der Waals surface area contributed by atoms with Gasteiger partial charge in [0.15, 0.2) is 0 Å². The van der Waals surface area contributed by atoms with Crippen LogP contribution >= 0.6 is 0 Å². The number of nitrogens with zero attached hydrogens (tertiary/aromatic N) is 3. The zero-order chi connectivity index (χ0) is 33.5. The molecule has 4 aliphatic heterocycles. The van der Waals surface area contributed by atoms with E-state index < -0.39 is 6.10 Å². The van der Waals surface area contributed by atoms with Crippen molar-refractivity contribution in [2.24, 2.45) is 29.1 Å². The molecule has 9 atom stereocenters. The maximum Gasteiger partial charge on any atom is 0.225 e. The second-order valence-corrected chi connectivity index (χ2v) is 17.4. The van der Waals surface area contributed by atoms with Gasteiger partial charge in [0.1, 0.15) is 0 Å². The average Bonchev–Trinajstić information content (AvgIpc) is 4.04. The van der Waals surface area contributed by atoms with Gasteiger partial charge in [-0.15, -0.1) is 0 Å². The van der Waals surface area contributed by atoms with Crippen LogP contribution in [0.5, 0.6) is 0 Å². The van der Waals surface area contributed by atoms with E-state index in [4.69, 9.17) is 9.47 Å². The minimum absolute atomic E-state index is 0.0670. The van der Waals surface area contributed by atoms with Gasteiger partial charge in [-0.25, -0.2) is 0 Å². The second-order valence-electron chi connectivity index (χ2n) is 17.4. The molecule has 8 rings (SSSR count). The zero-order valence-electron chi connectivity index (χ0n) is 29.8. The van der Waals surface area contributed by atoms with E-state index in [1.54, 1.807) is 0 Å². The Hall–Kier alpha value is -1.38. The largest absolute Gasteiger partial charge is 0.390 e. The fourth-order valence-corrected chi connectivity index (χ4v) is 10.1. The molecule has 8 fully saturated rings. The summed E-state index contributed by atoms with van der Waals surface area (Å²) >= 11 is 0. The number of amides is 2. The van der Waals surface area contributed by atoms with Crippen LogP contribution in [0.25, 0.3) is 0 Å². The van der Waals surface area contributed by atoms with Crippen molar-refractivity contribution in [1.82, 2.24) is 36.0 Å². The third kappa shape index (κ3) is 8.48. The van der Waals surface area contributed by atoms with E-state index in [0.717, 1.165) is 84.2 Å². The van der Waals surface area contributed by atoms with Gasteiger partial charge >= 0.3 is 0 Å². The number of carbonyl (C=O) groups excluding carboxylic acids is 2. The quantitative estimate of drug-likeness (QED) is 0.203. The molecule has 4 saturated heterocycles. The summed E-state index contributed by atoms with van der Waals surface area (Å²) in [5, 5.41) is 25.3. The van der Waals surface area contributed by atoms with E-state index in [-0.39, 0.29) is 36.2 Å². The number of ether oxygens (including phenoxy) is 2. The molecule has 8 unspecified atom stereocenters. The molecule has 12 heteroatoms. The highest BCUT2D eigenvalue weighted by atomic mass is 16.5. The van der Waals surface area contributed by atoms with E-state index >= 15 is 0 Å². The number of likely N-dealkylation sites (tertiary alicyclic amines) is 1. The van der Waals surface area contributed by atoms with Gasteiger partial charge in [0.2, 0.25) is 11.8 Å². The lowest BCUT2D eigenvalue weighted by Crippen LogP contribution is -2.65. The molecule has 0 radical (unpaired) electrons. The van der Waals surface area contributed by atoms with E-state index in [1.807, 2.05) is 0 Å². The minimum Gasteiger partial charge on any atom is -0.390 e. The van der Waals surface area contributed by atoms with Gasteiger partial charge in [0, 0.05) is 69.7 Å². The molecule has 0 aromatic carbocycles. The second kappa shape index (κ2) is 14.9. The standard InChI is InChI=1S/C37H63N7O5/c1-24-32(49-23-39-24)22-48-31-5-4-27-20-42(9-6-26(27)14-31)21-30(45)19-38-35(46)28-15-33(40-29-17-37(18-29)7-8-37)41-34(16-28)43-10-12-44(13-11-43)36(47)25-2-3-25/h24-34,39-41,45H,2-23H2,1H3,(H,38,46)/t24?,26?,27?,28?,30-,31?,32?,33?,34?/m0/s1. The first-order valence-electron chi connectivity index (χ1n) is 20.0. The van der Waals surface area contributed by atoms with Crippen molar-refractivity contribution in [3.8, 4) is 0 Å². The van der Waals surface area contributed by atoms with Crippen LogP contribution in [0, 0.1) is 29.1 Å². The smallest absolute Gasteiger partial charge is 0.225 e. The molecule has 4 heterocycles. The number of aliphatic hydroxyl groups is 1. The van der Waals surface area contributed by atoms with Gasteiger partial charge in [0.25, 0.3) is 0 Å². The number of nitrogens with one attached hydrogen (secondary N) is 4. The highest BCUT2D eigenvalue weighted by molar-refractivity contribution is 5.81. The highest BCUT2D eigenvalue weighted by Crippen LogP contribution is 2.60. The summed E-state index contributed by atoms with van der Waals surface area (Å²) in [6, 6.07) is 0.890. The van der Waals surface area contributed by atoms with Crippen molar-refractivity contribution >= 4 is 11.8 Å². The van der Waals surface area contributed by atoms with Crippen molar-refractivity contribution in [2.45, 2.75) is 127 Å². The summed E-state index contributed by atoms with van der Waals surface area (Å²) in [5.41, 5.74) is 0.633. The topological polar surface area (TPSA) is 131 Å². The van der Waals surface area contributed by atoms with E-state index in [1.165, 1.54) is 32.1 Å². The summed E-state index contributed by atoms with van der Waals surface area (Å²) in [6.45, 7) is 9.64. The van der Waals surface area contributed by atoms with E-state index in [0.29, 0.717) is 67.8 Å². The predicted molar refractivity (Wildman–Crippen MR) is 185 cm³/mol. The molecule has 2 amide bonds. The first kappa shape index (κ1) is 34.7. The number of piperidine rings is 2. The SMILES string of the molecule is CC1NCOC1COC1CCC2CN(C[C@@H](O)CNC(=O)C3CC(NC4CC5(CC5)C4)NC(N4CCN(C(=O)C5CC5)CC4)C3)CCC2C1. The normalized spacial score (nSPS) is 38.9. The Balaban J connectivity index is 0.780. The van der Waals surface area contributed by atoms with Crippen LogP contribution in [0.3, 0.4) is 0 Å². The van der Waals surface area contributed by atoms with Crippen molar-refractivity contribution < 1.29 is 24.2 Å². The van der Waals surface area contributed by atoms with Gasteiger partial charge < -0.3 is 29.7 Å². The van der Waals surface area contributed by atoms with Crippen LogP contribution in [0.2, 0.25) is 0 Å². The summed E-state index contributed by atoms with van der Waals surface area (Å²) < 4.78 is 12.1. The average molecular weight is 686 g/mol. The van der Waals surface area contributed by atoms with Gasteiger partial charge in [-0.2, -0.15) is 0 Å². The zero-order valence-corrected chi connectivity index (χ0v) is 29.8. The van der Waals surface area contributed by atoms with Crippen molar-refractivity contribution in [3.63, 3.8) is 0 Å². The minimum atomic E-state index is -0.574. The molecule has 8 aliphatic rings. The molecule has 0 aromatic heterocycles. The van der Waals surface area contributed by atoms with Gasteiger partial charge in [-0.3, -0.25) is 30.4 Å². The Labute approximate surface area is 293 Å². The Kier molecular flexibility index (Phi) is 10.6. The van der Waals surface area contributed by atoms with Crippen LogP contribution in [-0.4, -0.2) is 140 Å². The summed E-state index contributed by atoms with van der Waals surface area (Å²) in [4.78, 5) is 33.2. The maximum atomic E-state index is 13.7. The number of aliphatic hydroxyl groups excluding tert-OH is 1. The van der Waals surface area contributed by atoms with Crippen LogP contribution in [0.4, 0.5) is 0 Å². The van der Waals surface area contributed by atoms with Gasteiger partial charge in [-0.05, 0) is 108 Å². The third-order valence-corrected chi connectivity index (χ3v) is 13.7. The van der Waals surface area contributed by atoms with Gasteiger partial charge in [-0.1, -0.05) is 0 Å². The van der Waals surface area contributed by atoms with E-state index in [2.05, 4.69) is 42.9 Å². The van der Waals surface area contributed by atoms with Crippen molar-refractivity contribution in [2.75, 3.05) is 65.7 Å². The van der Waals surface area contributed by atoms with Crippen molar-refractivity contribution in [3.05, 3.63) is 0 Å². The maximum absolute atomic E-state index is 13.7. The fourth-order valence-electron chi connectivity index (χ4n) is 10.1. The Morgan fingerprint density at radius 2 is 1.80 bits per heavy atom. The number of β-amino-alcohol motifs (C(OH)–C–C–N with tert-alkyl or cyclic N) is 1. The Bertz CT molecular complexity index is 1150. The first-order chi connectivity index (χ1) is 23.8. The number of piperazine rings is 1. The highest BCUT2D eigenvalue weighted by Gasteiger charge is 2.53. The molecule has 276 valence electrons. The third-order valence-electron chi connectivity index (χ3n) is 13.7. The number of fused-ring (bicyclic) bond motifs is 1. The van der Waals surface area contributed by atoms with Gasteiger partial charge in [0.05, 0.1) is 44.0 Å². The molecule has 4 saturated carbocycles. The predicted octanol–water partition coefficient (Wildman–Crippen LogP) is 1.04. The molecule has 1 spiro atoms. The van der Waals surface area contributed by atoms with Crippen molar-refractivity contribution in [1.29, 1.82) is 0 Å². The molecule has 49 heavy (non-hydrogen) atoms. The molecule has 5 N–H and O–H groups in total. The number of rotatable bonds is 12. The number of carbonyl (C=O) groups is 2. The summed E-state index contributed by atoms with van der Waals surface area (Å²) in [5.74, 6) is 1.92. The molecule has 12 nitrogen and oxygen atoms in total. The van der Waals surface area contributed by atoms with Crippen LogP contribution in [-0.2, 0) is 19.1 Å². The molecule has 0 aromatic rings. The fraction of sp³-hybridized carbons (Fsp3) is 0.946. The van der Waals surface area contributed by atoms with Crippen LogP contribution < -0.4 is 21.3 Å². The van der Waals surface area contributed by atoms with Crippen LogP contribution in [0.1, 0.15) is 84.0 Å². The lowest BCUT2D eigenvalue weighted by molar-refractivity contribution is -0.135. The summed E-state index contributed by atoms with van der Waals surface area (Å²) in [7, 11) is 0. The molecule has 4 aliphatic carbocycles. The lowest BCUT2D eigenvalue weighted by atomic mass is 9.74. The lowest BCUT2D eigenvalue weighted by Gasteiger charge is -2.47. The molecular weight excluding hydrogens is 622 g/mol.